The molecule has 0 unspecified atom stereocenters. The molecule has 3 nitrogen and oxygen atoms in total. The number of nitrogens with one attached hydrogen (secondary N) is 2. The van der Waals surface area contributed by atoms with Gasteiger partial charge in [0, 0.05) is 6.54 Å². The van der Waals surface area contributed by atoms with E-state index in [9.17, 15) is 13.6 Å². The summed E-state index contributed by atoms with van der Waals surface area (Å²) in [7, 11) is 1.68. The Morgan fingerprint density at radius 2 is 1.94 bits per heavy atom. The Hall–Kier alpha value is -1.49. The quantitative estimate of drug-likeness (QED) is 0.841. The molecule has 0 saturated carbocycles. The molecule has 94 valence electrons. The molecule has 1 rings (SSSR count). The normalized spacial score (nSPS) is 11.4. The predicted octanol–water partition coefficient (Wildman–Crippen LogP) is 1.58. The van der Waals surface area contributed by atoms with E-state index in [2.05, 4.69) is 10.6 Å². The Balaban J connectivity index is 2.62. The van der Waals surface area contributed by atoms with E-state index in [0.717, 1.165) is 12.1 Å². The van der Waals surface area contributed by atoms with Gasteiger partial charge in [0.25, 0.3) is 0 Å². The number of halogens is 2. The summed E-state index contributed by atoms with van der Waals surface area (Å²) in [5.74, 6) is -2.01. The van der Waals surface area contributed by atoms with Crippen molar-refractivity contribution in [1.29, 1.82) is 0 Å². The lowest BCUT2D eigenvalue weighted by Gasteiger charge is -2.22. The minimum absolute atomic E-state index is 0.168. The number of carbonyl (C=O) groups excluding carboxylic acids is 1. The monoisotopic (exact) mass is 242 g/mol. The van der Waals surface area contributed by atoms with Gasteiger partial charge in [-0.1, -0.05) is 6.07 Å². The molecule has 17 heavy (non-hydrogen) atoms. The average molecular weight is 242 g/mol. The lowest BCUT2D eigenvalue weighted by atomic mass is 10.1. The number of amides is 1. The van der Waals surface area contributed by atoms with E-state index in [1.54, 1.807) is 20.9 Å². The number of hydrogen-bond donors (Lipinski definition) is 2. The highest BCUT2D eigenvalue weighted by Crippen LogP contribution is 2.09. The summed E-state index contributed by atoms with van der Waals surface area (Å²) in [5.41, 5.74) is -0.178. The first-order valence-electron chi connectivity index (χ1n) is 5.28. The highest BCUT2D eigenvalue weighted by Gasteiger charge is 2.24. The molecule has 5 heteroatoms. The van der Waals surface area contributed by atoms with Crippen LogP contribution in [0.3, 0.4) is 0 Å². The lowest BCUT2D eigenvalue weighted by molar-refractivity contribution is -0.126. The van der Waals surface area contributed by atoms with E-state index in [4.69, 9.17) is 0 Å². The minimum atomic E-state index is -0.912. The summed E-state index contributed by atoms with van der Waals surface area (Å²) in [5, 5.41) is 5.50. The fraction of sp³-hybridized carbons (Fsp3) is 0.417. The fourth-order valence-corrected chi connectivity index (χ4v) is 1.17. The maximum absolute atomic E-state index is 12.9. The Kier molecular flexibility index (Phi) is 4.17. The van der Waals surface area contributed by atoms with Gasteiger partial charge in [-0.15, -0.1) is 0 Å². The maximum Gasteiger partial charge on any atom is 0.239 e. The SMILES string of the molecule is CNC(C)(C)C(=O)NCc1ccc(F)c(F)c1. The Bertz CT molecular complexity index is 419. The van der Waals surface area contributed by atoms with Crippen LogP contribution in [0.25, 0.3) is 0 Å². The number of benzene rings is 1. The Morgan fingerprint density at radius 3 is 2.47 bits per heavy atom. The highest BCUT2D eigenvalue weighted by atomic mass is 19.2. The molecule has 0 radical (unpaired) electrons. The molecular weight excluding hydrogens is 226 g/mol. The summed E-state index contributed by atoms with van der Waals surface area (Å²) in [6, 6.07) is 3.55. The van der Waals surface area contributed by atoms with Crippen LogP contribution in [0.5, 0.6) is 0 Å². The molecule has 0 aliphatic heterocycles. The van der Waals surface area contributed by atoms with Crippen LogP contribution in [-0.4, -0.2) is 18.5 Å². The second-order valence-electron chi connectivity index (χ2n) is 4.31. The van der Waals surface area contributed by atoms with Crippen molar-refractivity contribution in [3.05, 3.63) is 35.4 Å². The van der Waals surface area contributed by atoms with Crippen molar-refractivity contribution in [2.45, 2.75) is 25.9 Å². The molecule has 0 aliphatic rings. The maximum atomic E-state index is 12.9. The number of likely N-dealkylation sites (N-methyl/N-ethyl adjacent to an activating group) is 1. The smallest absolute Gasteiger partial charge is 0.239 e. The van der Waals surface area contributed by atoms with Gasteiger partial charge < -0.3 is 10.6 Å². The van der Waals surface area contributed by atoms with Gasteiger partial charge in [-0.25, -0.2) is 8.78 Å². The second kappa shape index (κ2) is 5.23. The third-order valence-corrected chi connectivity index (χ3v) is 2.63. The first-order chi connectivity index (χ1) is 7.86. The van der Waals surface area contributed by atoms with Crippen molar-refractivity contribution in [2.75, 3.05) is 7.05 Å². The van der Waals surface area contributed by atoms with E-state index in [1.165, 1.54) is 6.07 Å². The standard InChI is InChI=1S/C12H16F2N2O/c1-12(2,15-3)11(17)16-7-8-4-5-9(13)10(14)6-8/h4-6,15H,7H2,1-3H3,(H,16,17). The molecule has 0 bridgehead atoms. The van der Waals surface area contributed by atoms with Crippen molar-refractivity contribution in [3.8, 4) is 0 Å². The largest absolute Gasteiger partial charge is 0.350 e. The van der Waals surface area contributed by atoms with E-state index >= 15 is 0 Å². The molecule has 0 atom stereocenters. The molecule has 1 aromatic carbocycles. The zero-order valence-corrected chi connectivity index (χ0v) is 10.1. The zero-order chi connectivity index (χ0) is 13.1. The molecule has 1 amide bonds. The van der Waals surface area contributed by atoms with Gasteiger partial charge >= 0.3 is 0 Å². The number of hydrogen-bond acceptors (Lipinski definition) is 2. The number of rotatable bonds is 4. The van der Waals surface area contributed by atoms with Gasteiger partial charge in [-0.2, -0.15) is 0 Å². The van der Waals surface area contributed by atoms with Crippen molar-refractivity contribution >= 4 is 5.91 Å². The van der Waals surface area contributed by atoms with E-state index in [1.807, 2.05) is 0 Å². The van der Waals surface area contributed by atoms with Crippen molar-refractivity contribution in [2.24, 2.45) is 0 Å². The summed E-state index contributed by atoms with van der Waals surface area (Å²) in [6.45, 7) is 3.63. The minimum Gasteiger partial charge on any atom is -0.350 e. The van der Waals surface area contributed by atoms with Crippen molar-refractivity contribution in [3.63, 3.8) is 0 Å². The van der Waals surface area contributed by atoms with Crippen LogP contribution in [0.2, 0.25) is 0 Å². The molecule has 0 aromatic heterocycles. The van der Waals surface area contributed by atoms with Crippen LogP contribution in [0.15, 0.2) is 18.2 Å². The van der Waals surface area contributed by atoms with E-state index in [-0.39, 0.29) is 12.5 Å². The molecule has 2 N–H and O–H groups in total. The van der Waals surface area contributed by atoms with Crippen LogP contribution >= 0.6 is 0 Å². The second-order valence-corrected chi connectivity index (χ2v) is 4.31. The molecule has 0 heterocycles. The van der Waals surface area contributed by atoms with Gasteiger partial charge in [0.2, 0.25) is 5.91 Å². The molecule has 0 aliphatic carbocycles. The summed E-state index contributed by atoms with van der Waals surface area (Å²) >= 11 is 0. The zero-order valence-electron chi connectivity index (χ0n) is 10.1. The summed E-state index contributed by atoms with van der Waals surface area (Å²) in [4.78, 5) is 11.7. The predicted molar refractivity (Wildman–Crippen MR) is 61.3 cm³/mol. The van der Waals surface area contributed by atoms with Crippen LogP contribution in [-0.2, 0) is 11.3 Å². The first kappa shape index (κ1) is 13.6. The molecule has 0 saturated heterocycles. The molecule has 0 spiro atoms. The van der Waals surface area contributed by atoms with Gasteiger partial charge in [-0.3, -0.25) is 4.79 Å². The lowest BCUT2D eigenvalue weighted by Crippen LogP contribution is -2.50. The summed E-state index contributed by atoms with van der Waals surface area (Å²) < 4.78 is 25.6. The van der Waals surface area contributed by atoms with Crippen LogP contribution in [0.1, 0.15) is 19.4 Å². The summed E-state index contributed by atoms with van der Waals surface area (Å²) in [6.07, 6.45) is 0. The third-order valence-electron chi connectivity index (χ3n) is 2.63. The van der Waals surface area contributed by atoms with E-state index < -0.39 is 17.2 Å². The average Bonchev–Trinajstić information content (AvgIpc) is 2.30. The fourth-order valence-electron chi connectivity index (χ4n) is 1.17. The van der Waals surface area contributed by atoms with Crippen molar-refractivity contribution in [1.82, 2.24) is 10.6 Å². The van der Waals surface area contributed by atoms with E-state index in [0.29, 0.717) is 5.56 Å². The van der Waals surface area contributed by atoms with Gasteiger partial charge in [0.05, 0.1) is 5.54 Å². The Morgan fingerprint density at radius 1 is 1.29 bits per heavy atom. The molecular formula is C12H16F2N2O. The molecule has 1 aromatic rings. The van der Waals surface area contributed by atoms with Crippen LogP contribution in [0, 0.1) is 11.6 Å². The highest BCUT2D eigenvalue weighted by molar-refractivity contribution is 5.85. The third kappa shape index (κ3) is 3.49. The first-order valence-corrected chi connectivity index (χ1v) is 5.28. The Labute approximate surface area is 99.2 Å². The van der Waals surface area contributed by atoms with Gasteiger partial charge in [-0.05, 0) is 38.6 Å². The van der Waals surface area contributed by atoms with Gasteiger partial charge in [0.15, 0.2) is 11.6 Å². The topological polar surface area (TPSA) is 41.1 Å². The number of carbonyl (C=O) groups is 1. The van der Waals surface area contributed by atoms with Crippen LogP contribution in [0.4, 0.5) is 8.78 Å². The molecule has 0 fully saturated rings. The van der Waals surface area contributed by atoms with Crippen molar-refractivity contribution < 1.29 is 13.6 Å². The van der Waals surface area contributed by atoms with Crippen LogP contribution < -0.4 is 10.6 Å². The van der Waals surface area contributed by atoms with Gasteiger partial charge in [0.1, 0.15) is 0 Å².